The molecule has 18 heavy (non-hydrogen) atoms. The van der Waals surface area contributed by atoms with Crippen molar-refractivity contribution in [3.05, 3.63) is 0 Å². The average Bonchev–Trinajstić information content (AvgIpc) is 2.91. The largest absolute Gasteiger partial charge is 0.325 e. The van der Waals surface area contributed by atoms with Gasteiger partial charge in [0, 0.05) is 6.04 Å². The van der Waals surface area contributed by atoms with Crippen molar-refractivity contribution >= 4 is 5.91 Å². The van der Waals surface area contributed by atoms with Gasteiger partial charge in [0.25, 0.3) is 0 Å². The lowest BCUT2D eigenvalue weighted by Gasteiger charge is -2.38. The lowest BCUT2D eigenvalue weighted by atomic mass is 9.75. The molecule has 1 N–H and O–H groups in total. The molecule has 0 aromatic rings. The quantitative estimate of drug-likeness (QED) is 0.776. The van der Waals surface area contributed by atoms with Gasteiger partial charge in [-0.3, -0.25) is 10.1 Å². The minimum Gasteiger partial charge on any atom is -0.325 e. The highest BCUT2D eigenvalue weighted by Gasteiger charge is 2.50. The zero-order valence-electron chi connectivity index (χ0n) is 11.8. The zero-order chi connectivity index (χ0) is 12.8. The standard InChI is InChI=1S/C15H26N2O/c1-14(2)9-5-12(6-10-14)17-11-16-15(13(17)18)7-3-4-8-15/h12,16H,3-11H2,1-2H3. The number of amides is 1. The smallest absolute Gasteiger partial charge is 0.244 e. The van der Waals surface area contributed by atoms with Crippen molar-refractivity contribution in [3.8, 4) is 0 Å². The molecule has 3 fully saturated rings. The molecule has 1 aliphatic heterocycles. The van der Waals surface area contributed by atoms with Crippen molar-refractivity contribution in [1.29, 1.82) is 0 Å². The van der Waals surface area contributed by atoms with Crippen molar-refractivity contribution in [1.82, 2.24) is 10.2 Å². The van der Waals surface area contributed by atoms with Crippen LogP contribution in [0.2, 0.25) is 0 Å². The van der Waals surface area contributed by atoms with Gasteiger partial charge in [-0.1, -0.05) is 26.7 Å². The van der Waals surface area contributed by atoms with E-state index in [1.807, 2.05) is 0 Å². The third-order valence-corrected chi connectivity index (χ3v) is 5.46. The van der Waals surface area contributed by atoms with Crippen LogP contribution in [0.25, 0.3) is 0 Å². The Morgan fingerprint density at radius 3 is 2.33 bits per heavy atom. The molecule has 3 heteroatoms. The van der Waals surface area contributed by atoms with Crippen LogP contribution in [0.1, 0.15) is 65.2 Å². The molecule has 0 bridgehead atoms. The molecule has 1 spiro atoms. The number of nitrogens with one attached hydrogen (secondary N) is 1. The maximum atomic E-state index is 12.7. The number of rotatable bonds is 1. The predicted molar refractivity (Wildman–Crippen MR) is 72.1 cm³/mol. The zero-order valence-corrected chi connectivity index (χ0v) is 11.8. The molecule has 2 saturated carbocycles. The second-order valence-electron chi connectivity index (χ2n) is 7.29. The van der Waals surface area contributed by atoms with Gasteiger partial charge in [-0.15, -0.1) is 0 Å². The summed E-state index contributed by atoms with van der Waals surface area (Å²) in [4.78, 5) is 14.8. The maximum absolute atomic E-state index is 12.7. The Morgan fingerprint density at radius 2 is 1.72 bits per heavy atom. The fraction of sp³-hybridized carbons (Fsp3) is 0.933. The van der Waals surface area contributed by atoms with Gasteiger partial charge in [0.15, 0.2) is 0 Å². The van der Waals surface area contributed by atoms with Gasteiger partial charge in [0.2, 0.25) is 5.91 Å². The van der Waals surface area contributed by atoms with Crippen LogP contribution >= 0.6 is 0 Å². The number of hydrogen-bond acceptors (Lipinski definition) is 2. The molecule has 3 aliphatic rings. The Bertz CT molecular complexity index is 334. The van der Waals surface area contributed by atoms with Crippen LogP contribution in [0.15, 0.2) is 0 Å². The first-order valence-electron chi connectivity index (χ1n) is 7.59. The predicted octanol–water partition coefficient (Wildman–Crippen LogP) is 2.66. The Labute approximate surface area is 110 Å². The second kappa shape index (κ2) is 4.22. The van der Waals surface area contributed by atoms with E-state index in [4.69, 9.17) is 0 Å². The van der Waals surface area contributed by atoms with Crippen LogP contribution in [0.3, 0.4) is 0 Å². The van der Waals surface area contributed by atoms with Gasteiger partial charge >= 0.3 is 0 Å². The molecule has 0 unspecified atom stereocenters. The topological polar surface area (TPSA) is 32.3 Å². The van der Waals surface area contributed by atoms with Gasteiger partial charge in [0.05, 0.1) is 12.2 Å². The SMILES string of the molecule is CC1(C)CCC(N2CNC3(CCCC3)C2=O)CC1. The van der Waals surface area contributed by atoms with E-state index in [1.165, 1.54) is 38.5 Å². The highest BCUT2D eigenvalue weighted by molar-refractivity contribution is 5.89. The van der Waals surface area contributed by atoms with E-state index in [1.54, 1.807) is 0 Å². The average molecular weight is 250 g/mol. The summed E-state index contributed by atoms with van der Waals surface area (Å²) in [7, 11) is 0. The molecule has 0 aromatic heterocycles. The first-order valence-corrected chi connectivity index (χ1v) is 7.59. The molecule has 3 rings (SSSR count). The van der Waals surface area contributed by atoms with Gasteiger partial charge in [-0.2, -0.15) is 0 Å². The molecule has 2 aliphatic carbocycles. The van der Waals surface area contributed by atoms with Crippen LogP contribution in [-0.2, 0) is 4.79 Å². The molecule has 0 aromatic carbocycles. The summed E-state index contributed by atoms with van der Waals surface area (Å²) >= 11 is 0. The summed E-state index contributed by atoms with van der Waals surface area (Å²) in [6, 6.07) is 0.498. The van der Waals surface area contributed by atoms with Crippen LogP contribution in [0.4, 0.5) is 0 Å². The summed E-state index contributed by atoms with van der Waals surface area (Å²) in [5, 5.41) is 3.53. The summed E-state index contributed by atoms with van der Waals surface area (Å²) in [5.41, 5.74) is 0.324. The molecule has 3 nitrogen and oxygen atoms in total. The summed E-state index contributed by atoms with van der Waals surface area (Å²) in [6.45, 7) is 5.50. The third kappa shape index (κ3) is 1.97. The first-order chi connectivity index (χ1) is 8.53. The van der Waals surface area contributed by atoms with Crippen LogP contribution in [0, 0.1) is 5.41 Å². The van der Waals surface area contributed by atoms with E-state index >= 15 is 0 Å². The van der Waals surface area contributed by atoms with Gasteiger partial charge in [0.1, 0.15) is 0 Å². The van der Waals surface area contributed by atoms with Crippen molar-refractivity contribution in [3.63, 3.8) is 0 Å². The van der Waals surface area contributed by atoms with Gasteiger partial charge in [-0.25, -0.2) is 0 Å². The fourth-order valence-corrected chi connectivity index (χ4v) is 4.02. The van der Waals surface area contributed by atoms with Crippen molar-refractivity contribution in [2.75, 3.05) is 6.67 Å². The normalized spacial score (nSPS) is 31.4. The van der Waals surface area contributed by atoms with Crippen molar-refractivity contribution in [2.45, 2.75) is 76.8 Å². The fourth-order valence-electron chi connectivity index (χ4n) is 4.02. The van der Waals surface area contributed by atoms with Crippen LogP contribution in [-0.4, -0.2) is 29.1 Å². The molecule has 0 atom stereocenters. The van der Waals surface area contributed by atoms with E-state index in [2.05, 4.69) is 24.1 Å². The summed E-state index contributed by atoms with van der Waals surface area (Å²) in [5.74, 6) is 0.407. The maximum Gasteiger partial charge on any atom is 0.244 e. The lowest BCUT2D eigenvalue weighted by molar-refractivity contribution is -0.135. The Kier molecular flexibility index (Phi) is 2.92. The molecule has 102 valence electrons. The third-order valence-electron chi connectivity index (χ3n) is 5.46. The minimum atomic E-state index is -0.160. The summed E-state index contributed by atoms with van der Waals surface area (Å²) < 4.78 is 0. The molecule has 1 amide bonds. The lowest BCUT2D eigenvalue weighted by Crippen LogP contribution is -2.46. The van der Waals surface area contributed by atoms with E-state index in [0.29, 0.717) is 17.4 Å². The van der Waals surface area contributed by atoms with Gasteiger partial charge in [-0.05, 0) is 43.9 Å². The molecular weight excluding hydrogens is 224 g/mol. The Morgan fingerprint density at radius 1 is 1.11 bits per heavy atom. The highest BCUT2D eigenvalue weighted by Crippen LogP contribution is 2.40. The van der Waals surface area contributed by atoms with Crippen LogP contribution < -0.4 is 5.32 Å². The van der Waals surface area contributed by atoms with Crippen molar-refractivity contribution < 1.29 is 4.79 Å². The monoisotopic (exact) mass is 250 g/mol. The number of carbonyl (C=O) groups excluding carboxylic acids is 1. The summed E-state index contributed by atoms with van der Waals surface area (Å²) in [6.07, 6.45) is 9.44. The number of nitrogens with zero attached hydrogens (tertiary/aromatic N) is 1. The molecule has 0 radical (unpaired) electrons. The van der Waals surface area contributed by atoms with Crippen LogP contribution in [0.5, 0.6) is 0 Å². The van der Waals surface area contributed by atoms with Crippen molar-refractivity contribution in [2.24, 2.45) is 5.41 Å². The van der Waals surface area contributed by atoms with E-state index < -0.39 is 0 Å². The van der Waals surface area contributed by atoms with E-state index in [9.17, 15) is 4.79 Å². The number of hydrogen-bond donors (Lipinski definition) is 1. The van der Waals surface area contributed by atoms with Gasteiger partial charge < -0.3 is 4.90 Å². The highest BCUT2D eigenvalue weighted by atomic mass is 16.2. The minimum absolute atomic E-state index is 0.160. The first kappa shape index (κ1) is 12.5. The second-order valence-corrected chi connectivity index (χ2v) is 7.29. The molecular formula is C15H26N2O. The Hall–Kier alpha value is -0.570. The molecule has 1 heterocycles. The molecule has 1 saturated heterocycles. The van der Waals surface area contributed by atoms with E-state index in [-0.39, 0.29) is 5.54 Å². The Balaban J connectivity index is 1.66. The number of carbonyl (C=O) groups is 1. The van der Waals surface area contributed by atoms with E-state index in [0.717, 1.165) is 19.5 Å².